The Morgan fingerprint density at radius 3 is 2.52 bits per heavy atom. The Morgan fingerprint density at radius 1 is 1.02 bits per heavy atom. The highest BCUT2D eigenvalue weighted by molar-refractivity contribution is 6.05. The summed E-state index contributed by atoms with van der Waals surface area (Å²) in [6, 6.07) is 9.79. The first-order valence-corrected chi connectivity index (χ1v) is 18.6. The summed E-state index contributed by atoms with van der Waals surface area (Å²) in [6.45, 7) is 3.70. The third-order valence-corrected chi connectivity index (χ3v) is 11.5. The van der Waals surface area contributed by atoms with Crippen LogP contribution in [0.15, 0.2) is 59.8 Å². The van der Waals surface area contributed by atoms with Crippen molar-refractivity contribution in [1.29, 1.82) is 0 Å². The van der Waals surface area contributed by atoms with Gasteiger partial charge in [-0.3, -0.25) is 44.1 Å². The number of hydrogen-bond donors (Lipinski definition) is 2. The van der Waals surface area contributed by atoms with Gasteiger partial charge in [-0.05, 0) is 60.2 Å². The minimum Gasteiger partial charge on any atom is -0.496 e. The molecule has 4 aromatic rings. The molecule has 14 nitrogen and oxygen atoms in total. The molecule has 2 N–H and O–H groups in total. The quantitative estimate of drug-likeness (QED) is 0.202. The molecule has 4 amide bonds. The molecule has 2 atom stereocenters. The fraction of sp³-hybridized carbons (Fsp3) is 0.381. The number of piperidine rings is 1. The van der Waals surface area contributed by atoms with Crippen LogP contribution in [-0.4, -0.2) is 99.4 Å². The van der Waals surface area contributed by atoms with Crippen LogP contribution in [-0.2, 0) is 28.0 Å². The molecule has 3 saturated heterocycles. The summed E-state index contributed by atoms with van der Waals surface area (Å²) >= 11 is 0. The SMILES string of the molecule is COc1cc(-c2cn(C)c(=O)c3cnccc23)cc(OC)c1CN1CC2(CCN(C(=O)CCC#Cc3ccc4c(c3)C(O)N(C3CCC(=O)NC3=O)C4=O)C2)C1. The van der Waals surface area contributed by atoms with Gasteiger partial charge in [-0.2, -0.15) is 0 Å². The molecule has 6 heterocycles. The fourth-order valence-corrected chi connectivity index (χ4v) is 8.68. The first kappa shape index (κ1) is 36.9. The zero-order valence-electron chi connectivity index (χ0n) is 31.5. The van der Waals surface area contributed by atoms with Crippen LogP contribution in [0.1, 0.15) is 65.4 Å². The van der Waals surface area contributed by atoms with Crippen molar-refractivity contribution in [1.82, 2.24) is 29.6 Å². The first-order chi connectivity index (χ1) is 27.0. The van der Waals surface area contributed by atoms with E-state index in [1.807, 2.05) is 29.3 Å². The van der Waals surface area contributed by atoms with Crippen LogP contribution < -0.4 is 20.3 Å². The third kappa shape index (κ3) is 6.56. The number of aliphatic hydroxyl groups is 1. The molecule has 2 aromatic heterocycles. The monoisotopic (exact) mass is 758 g/mol. The highest BCUT2D eigenvalue weighted by Gasteiger charge is 2.49. The Kier molecular flexibility index (Phi) is 9.59. The molecule has 1 spiro atoms. The van der Waals surface area contributed by atoms with E-state index in [0.717, 1.165) is 46.5 Å². The molecule has 0 bridgehead atoms. The van der Waals surface area contributed by atoms with Gasteiger partial charge in [-0.25, -0.2) is 0 Å². The molecule has 3 fully saturated rings. The van der Waals surface area contributed by atoms with Crippen LogP contribution in [0.5, 0.6) is 11.5 Å². The van der Waals surface area contributed by atoms with Crippen LogP contribution in [0, 0.1) is 17.3 Å². The molecule has 4 aliphatic heterocycles. The van der Waals surface area contributed by atoms with Crippen molar-refractivity contribution in [3.63, 3.8) is 0 Å². The van der Waals surface area contributed by atoms with Crippen LogP contribution >= 0.6 is 0 Å². The number of nitrogens with one attached hydrogen (secondary N) is 1. The molecule has 8 rings (SSSR count). The topological polar surface area (TPSA) is 164 Å². The lowest BCUT2D eigenvalue weighted by molar-refractivity contribution is -0.139. The van der Waals surface area contributed by atoms with E-state index in [9.17, 15) is 29.1 Å². The predicted octanol–water partition coefficient (Wildman–Crippen LogP) is 2.74. The minimum atomic E-state index is -1.32. The van der Waals surface area contributed by atoms with Crippen molar-refractivity contribution in [2.75, 3.05) is 40.4 Å². The minimum absolute atomic E-state index is 0.0356. The normalized spacial score (nSPS) is 20.1. The number of fused-ring (bicyclic) bond motifs is 2. The van der Waals surface area contributed by atoms with E-state index in [1.54, 1.807) is 56.4 Å². The number of carbonyl (C=O) groups is 4. The Morgan fingerprint density at radius 2 is 1.79 bits per heavy atom. The summed E-state index contributed by atoms with van der Waals surface area (Å²) in [5.41, 5.74) is 3.84. The standard InChI is InChI=1S/C42H42N6O8/c1-45-20-31(27-12-14-43-19-30(27)39(45)52)26-17-34(55-2)32(35(18-26)56-3)21-46-22-42(23-46)13-15-47(24-42)37(50)7-5-4-6-25-8-9-28-29(16-25)41(54)48(40(28)53)33-10-11-36(49)44-38(33)51/h8-9,12,14,16-20,33,41,54H,5,7,10-11,13,15,21-24H2,1-3H3,(H,44,49,51). The lowest BCUT2D eigenvalue weighted by Gasteiger charge is -2.48. The molecule has 14 heteroatoms. The number of rotatable bonds is 8. The van der Waals surface area contributed by atoms with E-state index < -0.39 is 30.0 Å². The number of benzene rings is 2. The van der Waals surface area contributed by atoms with E-state index in [-0.39, 0.29) is 36.1 Å². The van der Waals surface area contributed by atoms with Crippen molar-refractivity contribution in [3.8, 4) is 34.5 Å². The van der Waals surface area contributed by atoms with Gasteiger partial charge in [0.25, 0.3) is 11.5 Å². The zero-order chi connectivity index (χ0) is 39.3. The molecule has 0 saturated carbocycles. The van der Waals surface area contributed by atoms with Gasteiger partial charge in [0, 0.05) is 105 Å². The summed E-state index contributed by atoms with van der Waals surface area (Å²) < 4.78 is 13.3. The number of imide groups is 1. The maximum Gasteiger partial charge on any atom is 0.259 e. The van der Waals surface area contributed by atoms with E-state index in [1.165, 1.54) is 0 Å². The van der Waals surface area contributed by atoms with Crippen molar-refractivity contribution in [2.24, 2.45) is 12.5 Å². The third-order valence-electron chi connectivity index (χ3n) is 11.5. The number of likely N-dealkylation sites (tertiary alicyclic amines) is 2. The highest BCUT2D eigenvalue weighted by atomic mass is 16.5. The molecular formula is C42H42N6O8. The van der Waals surface area contributed by atoms with Gasteiger partial charge in [0.1, 0.15) is 17.5 Å². The maximum atomic E-state index is 13.2. The van der Waals surface area contributed by atoms with Gasteiger partial charge in [-0.1, -0.05) is 11.8 Å². The largest absolute Gasteiger partial charge is 0.496 e. The smallest absolute Gasteiger partial charge is 0.259 e. The molecule has 4 aliphatic rings. The van der Waals surface area contributed by atoms with E-state index in [2.05, 4.69) is 27.0 Å². The molecule has 2 aromatic carbocycles. The molecule has 2 unspecified atom stereocenters. The van der Waals surface area contributed by atoms with Gasteiger partial charge in [0.05, 0.1) is 25.2 Å². The van der Waals surface area contributed by atoms with Crippen LogP contribution in [0.3, 0.4) is 0 Å². The van der Waals surface area contributed by atoms with Crippen LogP contribution in [0.4, 0.5) is 0 Å². The Balaban J connectivity index is 0.864. The number of hydrogen-bond acceptors (Lipinski definition) is 10. The van der Waals surface area contributed by atoms with E-state index in [0.29, 0.717) is 59.6 Å². The molecule has 0 radical (unpaired) electrons. The Bertz CT molecular complexity index is 2400. The average Bonchev–Trinajstić information content (AvgIpc) is 3.74. The predicted molar refractivity (Wildman–Crippen MR) is 204 cm³/mol. The zero-order valence-corrected chi connectivity index (χ0v) is 31.5. The molecule has 56 heavy (non-hydrogen) atoms. The van der Waals surface area contributed by atoms with Gasteiger partial charge < -0.3 is 24.0 Å². The Labute approximate surface area is 323 Å². The Hall–Kier alpha value is -6.04. The summed E-state index contributed by atoms with van der Waals surface area (Å²) in [4.78, 5) is 72.5. The molecule has 288 valence electrons. The molecular weight excluding hydrogens is 716 g/mol. The number of methoxy groups -OCH3 is 2. The fourth-order valence-electron chi connectivity index (χ4n) is 8.68. The number of aliphatic hydroxyl groups excluding tert-OH is 1. The summed E-state index contributed by atoms with van der Waals surface area (Å²) in [7, 11) is 5.01. The number of aryl methyl sites for hydroxylation is 1. The second-order valence-electron chi connectivity index (χ2n) is 15.1. The van der Waals surface area contributed by atoms with Crippen LogP contribution in [0.2, 0.25) is 0 Å². The summed E-state index contributed by atoms with van der Waals surface area (Å²) in [5, 5.41) is 14.5. The van der Waals surface area contributed by atoms with Crippen LogP contribution in [0.25, 0.3) is 21.9 Å². The second kappa shape index (κ2) is 14.6. The maximum absolute atomic E-state index is 13.2. The first-order valence-electron chi connectivity index (χ1n) is 18.6. The molecule has 0 aliphatic carbocycles. The lowest BCUT2D eigenvalue weighted by atomic mass is 9.79. The number of pyridine rings is 2. The lowest BCUT2D eigenvalue weighted by Crippen LogP contribution is -2.57. The average molecular weight is 759 g/mol. The number of carbonyl (C=O) groups excluding carboxylic acids is 4. The second-order valence-corrected chi connectivity index (χ2v) is 15.1. The number of ether oxygens (including phenoxy) is 2. The van der Waals surface area contributed by atoms with Crippen molar-refractivity contribution in [2.45, 2.75) is 50.9 Å². The number of amides is 4. The van der Waals surface area contributed by atoms with Crippen molar-refractivity contribution >= 4 is 34.4 Å². The number of aromatic nitrogens is 2. The van der Waals surface area contributed by atoms with Gasteiger partial charge in [0.15, 0.2) is 6.23 Å². The van der Waals surface area contributed by atoms with Gasteiger partial charge >= 0.3 is 0 Å². The van der Waals surface area contributed by atoms with Gasteiger partial charge in [-0.15, -0.1) is 0 Å². The summed E-state index contributed by atoms with van der Waals surface area (Å²) in [5.74, 6) is 6.10. The number of nitrogens with zero attached hydrogens (tertiary/aromatic N) is 5. The van der Waals surface area contributed by atoms with Gasteiger partial charge in [0.2, 0.25) is 17.7 Å². The highest BCUT2D eigenvalue weighted by Crippen LogP contribution is 2.44. The summed E-state index contributed by atoms with van der Waals surface area (Å²) in [6.07, 6.45) is 5.58. The van der Waals surface area contributed by atoms with E-state index >= 15 is 0 Å². The van der Waals surface area contributed by atoms with Crippen molar-refractivity contribution < 1.29 is 33.8 Å². The van der Waals surface area contributed by atoms with Crippen molar-refractivity contribution in [3.05, 3.63) is 87.6 Å². The van der Waals surface area contributed by atoms with E-state index in [4.69, 9.17) is 9.47 Å².